The Balaban J connectivity index is 1.60. The summed E-state index contributed by atoms with van der Waals surface area (Å²) in [5, 5.41) is 8.94. The van der Waals surface area contributed by atoms with Crippen molar-refractivity contribution in [3.05, 3.63) is 34.9 Å². The van der Waals surface area contributed by atoms with Crippen molar-refractivity contribution in [2.24, 2.45) is 11.8 Å². The number of fused-ring (bicyclic) bond motifs is 1. The highest BCUT2D eigenvalue weighted by Crippen LogP contribution is 2.30. The minimum Gasteiger partial charge on any atom is -0.459 e. The van der Waals surface area contributed by atoms with E-state index >= 15 is 0 Å². The van der Waals surface area contributed by atoms with Gasteiger partial charge in [0.25, 0.3) is 0 Å². The van der Waals surface area contributed by atoms with E-state index < -0.39 is 0 Å². The number of aryl methyl sites for hydroxylation is 1. The van der Waals surface area contributed by atoms with Crippen molar-refractivity contribution in [1.82, 2.24) is 0 Å². The van der Waals surface area contributed by atoms with Crippen LogP contribution in [0.25, 0.3) is 0 Å². The summed E-state index contributed by atoms with van der Waals surface area (Å²) in [4.78, 5) is 12.4. The molecule has 1 fully saturated rings. The van der Waals surface area contributed by atoms with Crippen LogP contribution in [0.4, 0.5) is 0 Å². The van der Waals surface area contributed by atoms with Gasteiger partial charge in [-0.15, -0.1) is 0 Å². The van der Waals surface area contributed by atoms with E-state index in [2.05, 4.69) is 19.1 Å². The molecule has 128 valence electrons. The van der Waals surface area contributed by atoms with Crippen molar-refractivity contribution in [3.63, 3.8) is 0 Å². The number of benzene rings is 1. The number of carbonyl (C=O) groups excluding carboxylic acids is 1. The highest BCUT2D eigenvalue weighted by molar-refractivity contribution is 5.89. The lowest BCUT2D eigenvalue weighted by atomic mass is 9.81. The maximum atomic E-state index is 12.4. The molecule has 0 bridgehead atoms. The Bertz CT molecular complexity index is 623. The van der Waals surface area contributed by atoms with Crippen molar-refractivity contribution >= 4 is 5.97 Å². The molecule has 2 aliphatic rings. The molecule has 0 spiro atoms. The second-order valence-corrected chi connectivity index (χ2v) is 7.39. The average Bonchev–Trinajstić information content (AvgIpc) is 2.62. The fraction of sp³-hybridized carbons (Fsp3) is 0.619. The first kappa shape index (κ1) is 17.0. The van der Waals surface area contributed by atoms with Gasteiger partial charge in [-0.05, 0) is 74.1 Å². The third-order valence-corrected chi connectivity index (χ3v) is 5.60. The van der Waals surface area contributed by atoms with Crippen LogP contribution in [0.15, 0.2) is 18.2 Å². The second-order valence-electron chi connectivity index (χ2n) is 7.39. The fourth-order valence-corrected chi connectivity index (χ4v) is 4.14. The van der Waals surface area contributed by atoms with E-state index in [1.807, 2.05) is 12.1 Å². The van der Waals surface area contributed by atoms with Crippen molar-refractivity contribution in [2.45, 2.75) is 70.8 Å². The molecule has 3 nitrogen and oxygen atoms in total. The number of rotatable bonds is 4. The normalized spacial score (nSPS) is 26.2. The summed E-state index contributed by atoms with van der Waals surface area (Å²) in [5.41, 5.74) is 3.42. The molecular weight excluding hydrogens is 298 g/mol. The molecule has 0 saturated heterocycles. The predicted octanol–water partition coefficient (Wildman–Crippen LogP) is 4.83. The van der Waals surface area contributed by atoms with Gasteiger partial charge in [-0.1, -0.05) is 25.8 Å². The Morgan fingerprint density at radius 2 is 2.00 bits per heavy atom. The van der Waals surface area contributed by atoms with E-state index in [1.165, 1.54) is 30.4 Å². The molecule has 1 aromatic carbocycles. The molecule has 1 aromatic rings. The molecule has 0 aromatic heterocycles. The Kier molecular flexibility index (Phi) is 5.56. The summed E-state index contributed by atoms with van der Waals surface area (Å²) in [6.07, 6.45) is 9.30. The van der Waals surface area contributed by atoms with Gasteiger partial charge < -0.3 is 4.74 Å². The van der Waals surface area contributed by atoms with Crippen LogP contribution in [0.2, 0.25) is 0 Å². The Labute approximate surface area is 145 Å². The van der Waals surface area contributed by atoms with Crippen LogP contribution in [0.3, 0.4) is 0 Å². The van der Waals surface area contributed by atoms with E-state index in [0.29, 0.717) is 5.56 Å². The van der Waals surface area contributed by atoms with Crippen molar-refractivity contribution in [2.75, 3.05) is 0 Å². The van der Waals surface area contributed by atoms with Gasteiger partial charge in [0.05, 0.1) is 11.6 Å². The van der Waals surface area contributed by atoms with E-state index in [4.69, 9.17) is 10.00 Å². The number of ether oxygens (including phenoxy) is 1. The molecule has 0 N–H and O–H groups in total. The lowest BCUT2D eigenvalue weighted by Crippen LogP contribution is -2.24. The van der Waals surface area contributed by atoms with E-state index in [1.54, 1.807) is 0 Å². The third-order valence-electron chi connectivity index (χ3n) is 5.60. The number of hydrogen-bond acceptors (Lipinski definition) is 3. The molecule has 1 atom stereocenters. The SMILES string of the molecule is CCCC1CCc2cc(C(=O)OC3CCC(C#N)CC3)ccc2C1. The largest absolute Gasteiger partial charge is 0.459 e. The number of carbonyl (C=O) groups is 1. The Hall–Kier alpha value is -1.82. The van der Waals surface area contributed by atoms with Crippen LogP contribution in [0, 0.1) is 23.2 Å². The van der Waals surface area contributed by atoms with Crippen molar-refractivity contribution in [3.8, 4) is 6.07 Å². The molecule has 0 radical (unpaired) electrons. The molecule has 0 heterocycles. The number of hydrogen-bond donors (Lipinski definition) is 0. The monoisotopic (exact) mass is 325 g/mol. The van der Waals surface area contributed by atoms with Crippen LogP contribution in [-0.4, -0.2) is 12.1 Å². The topological polar surface area (TPSA) is 50.1 Å². The van der Waals surface area contributed by atoms with Crippen molar-refractivity contribution in [1.29, 1.82) is 5.26 Å². The van der Waals surface area contributed by atoms with Gasteiger partial charge in [-0.3, -0.25) is 0 Å². The third kappa shape index (κ3) is 3.98. The summed E-state index contributed by atoms with van der Waals surface area (Å²) in [7, 11) is 0. The first-order chi connectivity index (χ1) is 11.7. The van der Waals surface area contributed by atoms with Gasteiger partial charge in [0, 0.05) is 5.92 Å². The molecule has 1 unspecified atom stereocenters. The zero-order valence-electron chi connectivity index (χ0n) is 14.6. The number of nitrogens with zero attached hydrogens (tertiary/aromatic N) is 1. The van der Waals surface area contributed by atoms with Gasteiger partial charge in [0.1, 0.15) is 6.10 Å². The van der Waals surface area contributed by atoms with Gasteiger partial charge in [0.15, 0.2) is 0 Å². The molecule has 1 saturated carbocycles. The van der Waals surface area contributed by atoms with E-state index in [0.717, 1.165) is 44.4 Å². The van der Waals surface area contributed by atoms with Crippen LogP contribution in [0.5, 0.6) is 0 Å². The average molecular weight is 325 g/mol. The summed E-state index contributed by atoms with van der Waals surface area (Å²) in [6.45, 7) is 2.25. The zero-order chi connectivity index (χ0) is 16.9. The molecule has 0 amide bonds. The summed E-state index contributed by atoms with van der Waals surface area (Å²) < 4.78 is 5.67. The maximum Gasteiger partial charge on any atom is 0.338 e. The lowest BCUT2D eigenvalue weighted by molar-refractivity contribution is 0.0187. The van der Waals surface area contributed by atoms with Gasteiger partial charge in [-0.25, -0.2) is 4.79 Å². The second kappa shape index (κ2) is 7.83. The molecular formula is C21H27NO2. The van der Waals surface area contributed by atoms with Gasteiger partial charge >= 0.3 is 5.97 Å². The smallest absolute Gasteiger partial charge is 0.338 e. The van der Waals surface area contributed by atoms with Gasteiger partial charge in [-0.2, -0.15) is 5.26 Å². The first-order valence-corrected chi connectivity index (χ1v) is 9.42. The highest BCUT2D eigenvalue weighted by atomic mass is 16.5. The van der Waals surface area contributed by atoms with E-state index in [9.17, 15) is 4.79 Å². The lowest BCUT2D eigenvalue weighted by Gasteiger charge is -2.26. The van der Waals surface area contributed by atoms with Crippen LogP contribution in [-0.2, 0) is 17.6 Å². The molecule has 0 aliphatic heterocycles. The summed E-state index contributed by atoms with van der Waals surface area (Å²) in [6, 6.07) is 8.41. The quantitative estimate of drug-likeness (QED) is 0.745. The Morgan fingerprint density at radius 1 is 1.21 bits per heavy atom. The van der Waals surface area contributed by atoms with E-state index in [-0.39, 0.29) is 18.0 Å². The first-order valence-electron chi connectivity index (χ1n) is 9.42. The molecule has 3 rings (SSSR count). The molecule has 24 heavy (non-hydrogen) atoms. The highest BCUT2D eigenvalue weighted by Gasteiger charge is 2.25. The number of nitriles is 1. The predicted molar refractivity (Wildman–Crippen MR) is 93.6 cm³/mol. The standard InChI is InChI=1S/C21H27NO2/c1-2-3-15-4-7-18-13-19(9-8-17(18)12-15)21(23)24-20-10-5-16(14-22)6-11-20/h8-9,13,15-16,20H,2-7,10-12H2,1H3. The fourth-order valence-electron chi connectivity index (χ4n) is 4.14. The zero-order valence-corrected chi connectivity index (χ0v) is 14.6. The molecule has 2 aliphatic carbocycles. The Morgan fingerprint density at radius 3 is 2.71 bits per heavy atom. The maximum absolute atomic E-state index is 12.4. The minimum atomic E-state index is -0.200. The molecule has 3 heteroatoms. The van der Waals surface area contributed by atoms with Crippen LogP contribution < -0.4 is 0 Å². The van der Waals surface area contributed by atoms with Gasteiger partial charge in [0.2, 0.25) is 0 Å². The van der Waals surface area contributed by atoms with Crippen LogP contribution >= 0.6 is 0 Å². The minimum absolute atomic E-state index is 0.0212. The summed E-state index contributed by atoms with van der Waals surface area (Å²) >= 11 is 0. The van der Waals surface area contributed by atoms with Crippen LogP contribution in [0.1, 0.15) is 73.4 Å². The summed E-state index contributed by atoms with van der Waals surface area (Å²) in [5.74, 6) is 0.740. The number of esters is 1. The van der Waals surface area contributed by atoms with Crippen molar-refractivity contribution < 1.29 is 9.53 Å².